The Hall–Kier alpha value is -2.63. The normalized spacial score (nSPS) is 14.2. The topological polar surface area (TPSA) is 259 Å². The molecule has 0 aliphatic heterocycles. The number of hydrogen-bond donors (Lipinski definition) is 3. The first-order valence-corrected chi connectivity index (χ1v) is 41.4. The van der Waals surface area contributed by atoms with E-state index in [4.69, 9.17) is 57.4 Å². The fourth-order valence-electron chi connectivity index (χ4n) is 6.96. The Kier molecular flexibility index (Phi) is 50.6. The number of nitrogens with two attached hydrogens (primary N) is 1. The van der Waals surface area contributed by atoms with Crippen molar-refractivity contribution in [3.05, 3.63) is 96.4 Å². The van der Waals surface area contributed by atoms with Crippen LogP contribution in [0.15, 0.2) is 101 Å². The molecule has 2 amide bonds. The maximum atomic E-state index is 12.9. The number of phosphoric ester groups is 2. The fourth-order valence-corrected chi connectivity index (χ4v) is 19.2. The third kappa shape index (κ3) is 53.0. The zero-order chi connectivity index (χ0) is 63.5. The molecule has 2 radical (unpaired) electrons. The first-order chi connectivity index (χ1) is 40.5. The molecule has 2 aromatic carbocycles. The van der Waals surface area contributed by atoms with Crippen molar-refractivity contribution in [3.8, 4) is 0 Å². The number of nitrogens with one attached hydrogen (secondary N) is 2. The van der Waals surface area contributed by atoms with Gasteiger partial charge in [0.15, 0.2) is 0 Å². The first-order valence-electron chi connectivity index (χ1n) is 29.9. The van der Waals surface area contributed by atoms with Crippen molar-refractivity contribution in [2.45, 2.75) is 192 Å². The fraction of sp³-hybridized carbons (Fsp3) is 0.700. The summed E-state index contributed by atoms with van der Waals surface area (Å²) in [6, 6.07) is 20.1. The van der Waals surface area contributed by atoms with Gasteiger partial charge in [-0.25, -0.2) is 18.7 Å². The zero-order valence-corrected chi connectivity index (χ0v) is 59.2. The van der Waals surface area contributed by atoms with Crippen LogP contribution < -0.4 is 16.4 Å². The Morgan fingerprint density at radius 2 is 1.02 bits per heavy atom. The molecule has 0 bridgehead atoms. The van der Waals surface area contributed by atoms with E-state index in [9.17, 15) is 18.7 Å². The van der Waals surface area contributed by atoms with Gasteiger partial charge in [-0.3, -0.25) is 27.1 Å². The summed E-state index contributed by atoms with van der Waals surface area (Å²) in [5, 5.41) is 8.67. The summed E-state index contributed by atoms with van der Waals surface area (Å²) in [6.45, 7) is 27.5. The molecule has 6 atom stereocenters. The summed E-state index contributed by atoms with van der Waals surface area (Å²) in [7, 11) is -3.76. The van der Waals surface area contributed by atoms with Gasteiger partial charge < -0.3 is 35.3 Å². The van der Waals surface area contributed by atoms with Gasteiger partial charge in [-0.05, 0) is 71.8 Å². The van der Waals surface area contributed by atoms with E-state index < -0.39 is 69.5 Å². The number of carbonyl (C=O) groups excluding carboxylic acids is 2. The maximum absolute atomic E-state index is 12.9. The number of phosphoric acid groups is 2. The molecule has 486 valence electrons. The number of ether oxygens (including phenoxy) is 4. The molecule has 0 saturated heterocycles. The van der Waals surface area contributed by atoms with Crippen molar-refractivity contribution in [1.29, 1.82) is 0 Å². The molecule has 0 spiro atoms. The number of benzene rings is 2. The van der Waals surface area contributed by atoms with Crippen LogP contribution in [0.3, 0.4) is 0 Å². The monoisotopic (exact) mass is 1380 g/mol. The molecule has 4 unspecified atom stereocenters. The zero-order valence-electron chi connectivity index (χ0n) is 52.9. The van der Waals surface area contributed by atoms with Crippen molar-refractivity contribution < 1.29 is 64.8 Å². The molecule has 2 rings (SSSR count). The Morgan fingerprint density at radius 1 is 0.612 bits per heavy atom. The van der Waals surface area contributed by atoms with Crippen molar-refractivity contribution in [3.63, 3.8) is 0 Å². The third-order valence-corrected chi connectivity index (χ3v) is 24.2. The van der Waals surface area contributed by atoms with Gasteiger partial charge in [0, 0.05) is 31.2 Å². The van der Waals surface area contributed by atoms with Gasteiger partial charge >= 0.3 is 135 Å². The summed E-state index contributed by atoms with van der Waals surface area (Å²) < 4.78 is 79.0. The van der Waals surface area contributed by atoms with Crippen LogP contribution in [0, 0.1) is 11.8 Å². The molecular formula is C60H106N6O14P2S2Sn. The van der Waals surface area contributed by atoms with E-state index in [2.05, 4.69) is 122 Å². The quantitative estimate of drug-likeness (QED) is 0.0106. The van der Waals surface area contributed by atoms with Crippen LogP contribution in [-0.2, 0) is 55.2 Å². The van der Waals surface area contributed by atoms with Crippen LogP contribution in [0.5, 0.6) is 0 Å². The van der Waals surface area contributed by atoms with E-state index in [1.165, 1.54) is 99.0 Å². The van der Waals surface area contributed by atoms with E-state index in [0.717, 1.165) is 12.8 Å². The molecule has 85 heavy (non-hydrogen) atoms. The van der Waals surface area contributed by atoms with Crippen molar-refractivity contribution in [2.75, 3.05) is 79.2 Å². The predicted octanol–water partition coefficient (Wildman–Crippen LogP) is 16.6. The average Bonchev–Trinajstić information content (AvgIpc) is 3.48. The summed E-state index contributed by atoms with van der Waals surface area (Å²) in [5.41, 5.74) is 13.6. The number of azide groups is 1. The minimum absolute atomic E-state index is 0.0150. The van der Waals surface area contributed by atoms with Crippen LogP contribution in [0.25, 0.3) is 10.4 Å². The molecule has 0 heterocycles. The molecule has 20 nitrogen and oxygen atoms in total. The Morgan fingerprint density at radius 3 is 1.42 bits per heavy atom. The molecule has 0 fully saturated rings. The van der Waals surface area contributed by atoms with Crippen molar-refractivity contribution >= 4 is 64.1 Å². The minimum atomic E-state index is -3.99. The molecule has 0 aliphatic carbocycles. The Bertz CT molecular complexity index is 2110. The Labute approximate surface area is 526 Å². The second-order valence-corrected chi connectivity index (χ2v) is 35.2. The first kappa shape index (κ1) is 82.4. The van der Waals surface area contributed by atoms with Crippen LogP contribution in [0.1, 0.15) is 159 Å². The van der Waals surface area contributed by atoms with Gasteiger partial charge in [0.05, 0.1) is 64.9 Å². The summed E-state index contributed by atoms with van der Waals surface area (Å²) >= 11 is -0.424. The van der Waals surface area contributed by atoms with E-state index in [1.54, 1.807) is 41.5 Å². The number of unbranched alkanes of at least 4 members (excludes halogenated alkanes) is 8. The second kappa shape index (κ2) is 52.2. The van der Waals surface area contributed by atoms with Gasteiger partial charge in [-0.15, -0.1) is 13.2 Å². The molecular weight excluding hydrogens is 1270 g/mol. The van der Waals surface area contributed by atoms with E-state index in [-0.39, 0.29) is 65.9 Å². The number of amides is 2. The van der Waals surface area contributed by atoms with E-state index in [1.807, 2.05) is 17.9 Å². The van der Waals surface area contributed by atoms with Gasteiger partial charge in [0.1, 0.15) is 11.2 Å². The number of nitrogens with zero attached hydrogens (tertiary/aromatic N) is 3. The number of alkyl carbamates (subject to hydrolysis) is 2. The van der Waals surface area contributed by atoms with Gasteiger partial charge in [0.25, 0.3) is 0 Å². The SMILES string of the molecule is C=CCOP(=O)(OCCNC(=O)OC(C)(C)C)OCC(COCC[C@H](C)CCCCCCC)N=[N+]=[N-].C=CCOP(=O)(OCCNC(=O)OC(C)(C)C)OCC(N)COCC[C@H](C)CCCCCCC.c1ccc([S][Sn][S]c2ccccc2)cc1. The molecule has 0 aliphatic rings. The van der Waals surface area contributed by atoms with Gasteiger partial charge in [-0.2, -0.15) is 0 Å². The van der Waals surface area contributed by atoms with Crippen LogP contribution >= 0.6 is 33.5 Å². The summed E-state index contributed by atoms with van der Waals surface area (Å²) in [4.78, 5) is 29.0. The molecule has 0 aromatic heterocycles. The molecule has 25 heteroatoms. The summed E-state index contributed by atoms with van der Waals surface area (Å²) in [5.74, 6) is 1.17. The van der Waals surface area contributed by atoms with Crippen LogP contribution in [0.2, 0.25) is 0 Å². The Balaban J connectivity index is 0.00000134. The second-order valence-electron chi connectivity index (χ2n) is 22.1. The molecule has 2 aromatic rings. The van der Waals surface area contributed by atoms with E-state index >= 15 is 0 Å². The van der Waals surface area contributed by atoms with Crippen molar-refractivity contribution in [2.24, 2.45) is 22.7 Å². The number of rotatable bonds is 47. The molecule has 4 N–H and O–H groups in total. The van der Waals surface area contributed by atoms with Gasteiger partial charge in [0.2, 0.25) is 0 Å². The predicted molar refractivity (Wildman–Crippen MR) is 347 cm³/mol. The number of hydrogen-bond acceptors (Lipinski definition) is 18. The standard InChI is InChI=1S/C24H47N4O7P.C24H49N2O7P.2C6H6S.Sn/c1-7-9-10-11-12-13-21(3)14-17-31-19-22(27-28-25)20-34-36(30,32-16-8-2)33-18-15-26-23(29)35-24(4,5)6;1-7-9-10-11-12-13-21(3)14-17-29-19-22(25)20-32-34(28,30-16-8-2)31-18-15-26-23(27)33-24(4,5)6;2*7-6-4-2-1-3-5-6;/h8,21-22H,2,7,9-20H2,1,3-6H3,(H,26,29);8,21-22H,2,7,9-20,25H2,1,3-6H3,(H,26,27);2*1-5,7H;/q;;;;+2/p-2/t21-,22?,36?;21-,22?,34?;;;/m11.../s1. The third-order valence-electron chi connectivity index (χ3n) is 11.4. The molecule has 0 saturated carbocycles. The number of carbonyl (C=O) groups is 2. The van der Waals surface area contributed by atoms with Gasteiger partial charge in [-0.1, -0.05) is 122 Å². The van der Waals surface area contributed by atoms with Crippen molar-refractivity contribution in [1.82, 2.24) is 10.6 Å². The van der Waals surface area contributed by atoms with Crippen LogP contribution in [-0.4, -0.2) is 133 Å². The summed E-state index contributed by atoms with van der Waals surface area (Å²) in [6.07, 6.45) is 18.7. The van der Waals surface area contributed by atoms with E-state index in [0.29, 0.717) is 25.0 Å². The average molecular weight is 1380 g/mol. The van der Waals surface area contributed by atoms with Crippen LogP contribution in [0.4, 0.5) is 9.59 Å².